The highest BCUT2D eigenvalue weighted by molar-refractivity contribution is 7.71. The molecule has 1 heterocycles. The van der Waals surface area contributed by atoms with Gasteiger partial charge in [-0.25, -0.2) is 0 Å². The van der Waals surface area contributed by atoms with Crippen LogP contribution in [0.25, 0.3) is 0 Å². The van der Waals surface area contributed by atoms with Crippen LogP contribution in [0.3, 0.4) is 0 Å². The van der Waals surface area contributed by atoms with Gasteiger partial charge in [0.15, 0.2) is 4.77 Å². The summed E-state index contributed by atoms with van der Waals surface area (Å²) in [4.78, 5) is 14.5. The van der Waals surface area contributed by atoms with Crippen LogP contribution in [0.15, 0.2) is 6.20 Å². The lowest BCUT2D eigenvalue weighted by Crippen LogP contribution is -2.30. The molecule has 1 rings (SSSR count). The molecule has 4 nitrogen and oxygen atoms in total. The molecule has 0 fully saturated rings. The minimum atomic E-state index is 0.0696. The Balaban J connectivity index is 2.57. The normalized spacial score (nSPS) is 10.8. The molecule has 0 aliphatic rings. The molecule has 0 bridgehead atoms. The molecule has 1 amide bonds. The molecule has 0 saturated heterocycles. The molecule has 90 valence electrons. The van der Waals surface area contributed by atoms with Crippen LogP contribution in [-0.4, -0.2) is 21.5 Å². The topological polar surface area (TPSA) is 49.8 Å². The molecule has 2 N–H and O–H groups in total. The molecule has 0 aromatic carbocycles. The van der Waals surface area contributed by atoms with Gasteiger partial charge in [-0.15, -0.1) is 0 Å². The van der Waals surface area contributed by atoms with E-state index in [4.69, 9.17) is 12.2 Å². The maximum absolute atomic E-state index is 11.5. The number of hydrogen-bond donors (Lipinski definition) is 2. The first-order valence-electron chi connectivity index (χ1n) is 5.61. The third-order valence-corrected chi connectivity index (χ3v) is 2.67. The van der Waals surface area contributed by atoms with Crippen molar-refractivity contribution in [2.45, 2.75) is 46.2 Å². The first kappa shape index (κ1) is 13.0. The number of imidazole rings is 1. The smallest absolute Gasteiger partial charge is 0.221 e. The Hall–Kier alpha value is -1.10. The third-order valence-electron chi connectivity index (χ3n) is 2.33. The lowest BCUT2D eigenvalue weighted by atomic mass is 10.3. The molecule has 0 saturated carbocycles. The van der Waals surface area contributed by atoms with Gasteiger partial charge < -0.3 is 14.9 Å². The number of carbonyl (C=O) groups excluding carboxylic acids is 1. The van der Waals surface area contributed by atoms with Crippen molar-refractivity contribution in [2.24, 2.45) is 0 Å². The number of nitrogens with zero attached hydrogens (tertiary/aromatic N) is 1. The van der Waals surface area contributed by atoms with Crippen molar-refractivity contribution in [3.8, 4) is 0 Å². The number of aryl methyl sites for hydroxylation is 1. The van der Waals surface area contributed by atoms with E-state index in [0.717, 1.165) is 12.1 Å². The number of H-pyrrole nitrogens is 1. The van der Waals surface area contributed by atoms with Gasteiger partial charge in [-0.05, 0) is 32.5 Å². The number of rotatable bonds is 5. The summed E-state index contributed by atoms with van der Waals surface area (Å²) in [6.45, 7) is 6.63. The second-order valence-corrected chi connectivity index (χ2v) is 4.45. The third kappa shape index (κ3) is 3.48. The fourth-order valence-electron chi connectivity index (χ4n) is 1.58. The Kier molecular flexibility index (Phi) is 4.73. The van der Waals surface area contributed by atoms with Gasteiger partial charge in [-0.3, -0.25) is 4.79 Å². The maximum atomic E-state index is 11.5. The van der Waals surface area contributed by atoms with Crippen molar-refractivity contribution in [1.82, 2.24) is 14.9 Å². The monoisotopic (exact) mass is 241 g/mol. The zero-order valence-corrected chi connectivity index (χ0v) is 10.9. The highest BCUT2D eigenvalue weighted by Gasteiger charge is 2.06. The standard InChI is InChI=1S/C11H19N3OS/c1-4-9-7-12-11(16)14(9)6-5-10(15)13-8(2)3/h7-8H,4-6H2,1-3H3,(H,12,16)(H,13,15). The average Bonchev–Trinajstić information content (AvgIpc) is 2.55. The van der Waals surface area contributed by atoms with Gasteiger partial charge in [-0.2, -0.15) is 0 Å². The van der Waals surface area contributed by atoms with Crippen LogP contribution in [0.4, 0.5) is 0 Å². The first-order valence-corrected chi connectivity index (χ1v) is 6.01. The van der Waals surface area contributed by atoms with Gasteiger partial charge in [0.05, 0.1) is 0 Å². The largest absolute Gasteiger partial charge is 0.354 e. The molecule has 0 spiro atoms. The summed E-state index contributed by atoms with van der Waals surface area (Å²) in [6, 6.07) is 0.192. The van der Waals surface area contributed by atoms with E-state index in [9.17, 15) is 4.79 Å². The lowest BCUT2D eigenvalue weighted by Gasteiger charge is -2.09. The second-order valence-electron chi connectivity index (χ2n) is 4.06. The fraction of sp³-hybridized carbons (Fsp3) is 0.636. The number of hydrogen-bond acceptors (Lipinski definition) is 2. The van der Waals surface area contributed by atoms with E-state index in [-0.39, 0.29) is 11.9 Å². The lowest BCUT2D eigenvalue weighted by molar-refractivity contribution is -0.121. The highest BCUT2D eigenvalue weighted by Crippen LogP contribution is 2.04. The number of aromatic nitrogens is 2. The molecule has 0 unspecified atom stereocenters. The molecule has 0 radical (unpaired) electrons. The summed E-state index contributed by atoms with van der Waals surface area (Å²) >= 11 is 5.15. The molecular formula is C11H19N3OS. The van der Waals surface area contributed by atoms with E-state index in [1.165, 1.54) is 0 Å². The van der Waals surface area contributed by atoms with Crippen molar-refractivity contribution >= 4 is 18.1 Å². The molecule has 1 aromatic rings. The van der Waals surface area contributed by atoms with E-state index in [1.54, 1.807) is 0 Å². The van der Waals surface area contributed by atoms with Crippen LogP contribution in [-0.2, 0) is 17.8 Å². The van der Waals surface area contributed by atoms with Gasteiger partial charge in [0.2, 0.25) is 5.91 Å². The van der Waals surface area contributed by atoms with Crippen LogP contribution in [0.5, 0.6) is 0 Å². The summed E-state index contributed by atoms with van der Waals surface area (Å²) in [5.41, 5.74) is 1.14. The summed E-state index contributed by atoms with van der Waals surface area (Å²) in [6.07, 6.45) is 3.29. The van der Waals surface area contributed by atoms with E-state index in [2.05, 4.69) is 17.2 Å². The van der Waals surface area contributed by atoms with Gasteiger partial charge >= 0.3 is 0 Å². The van der Waals surface area contributed by atoms with Crippen molar-refractivity contribution < 1.29 is 4.79 Å². The Morgan fingerprint density at radius 2 is 2.31 bits per heavy atom. The highest BCUT2D eigenvalue weighted by atomic mass is 32.1. The SMILES string of the molecule is CCc1c[nH]c(=S)n1CCC(=O)NC(C)C. The van der Waals surface area contributed by atoms with Crippen LogP contribution in [0.1, 0.15) is 32.9 Å². The van der Waals surface area contributed by atoms with Crippen LogP contribution in [0.2, 0.25) is 0 Å². The molecule has 0 atom stereocenters. The van der Waals surface area contributed by atoms with Crippen LogP contribution >= 0.6 is 12.2 Å². The summed E-state index contributed by atoms with van der Waals surface area (Å²) in [5.74, 6) is 0.0696. The van der Waals surface area contributed by atoms with E-state index in [0.29, 0.717) is 17.7 Å². The molecule has 5 heteroatoms. The van der Waals surface area contributed by atoms with E-state index in [1.807, 2.05) is 24.6 Å². The van der Waals surface area contributed by atoms with Gasteiger partial charge in [-0.1, -0.05) is 6.92 Å². The molecule has 16 heavy (non-hydrogen) atoms. The second kappa shape index (κ2) is 5.84. The molecule has 1 aromatic heterocycles. The summed E-state index contributed by atoms with van der Waals surface area (Å²) in [5, 5.41) is 2.87. The number of nitrogens with one attached hydrogen (secondary N) is 2. The Morgan fingerprint density at radius 3 is 2.88 bits per heavy atom. The van der Waals surface area contributed by atoms with Crippen molar-refractivity contribution in [3.63, 3.8) is 0 Å². The summed E-state index contributed by atoms with van der Waals surface area (Å²) < 4.78 is 2.67. The summed E-state index contributed by atoms with van der Waals surface area (Å²) in [7, 11) is 0. The fourth-order valence-corrected chi connectivity index (χ4v) is 1.84. The Morgan fingerprint density at radius 1 is 1.62 bits per heavy atom. The first-order chi connectivity index (χ1) is 7.54. The van der Waals surface area contributed by atoms with Gasteiger partial charge in [0, 0.05) is 30.9 Å². The zero-order chi connectivity index (χ0) is 12.1. The van der Waals surface area contributed by atoms with Crippen LogP contribution < -0.4 is 5.32 Å². The number of aromatic amines is 1. The van der Waals surface area contributed by atoms with Crippen molar-refractivity contribution in [3.05, 3.63) is 16.7 Å². The minimum Gasteiger partial charge on any atom is -0.354 e. The van der Waals surface area contributed by atoms with Gasteiger partial charge in [0.1, 0.15) is 0 Å². The van der Waals surface area contributed by atoms with E-state index >= 15 is 0 Å². The predicted octanol–water partition coefficient (Wildman–Crippen LogP) is 2.02. The van der Waals surface area contributed by atoms with Crippen molar-refractivity contribution in [1.29, 1.82) is 0 Å². The molecule has 0 aliphatic heterocycles. The Bertz CT molecular complexity index is 406. The number of amides is 1. The predicted molar refractivity (Wildman–Crippen MR) is 66.9 cm³/mol. The van der Waals surface area contributed by atoms with Crippen molar-refractivity contribution in [2.75, 3.05) is 0 Å². The van der Waals surface area contributed by atoms with E-state index < -0.39 is 0 Å². The molecular weight excluding hydrogens is 222 g/mol. The van der Waals surface area contributed by atoms with Gasteiger partial charge in [0.25, 0.3) is 0 Å². The Labute approximate surface area is 101 Å². The quantitative estimate of drug-likeness (QED) is 0.775. The number of carbonyl (C=O) groups is 1. The maximum Gasteiger partial charge on any atom is 0.221 e. The zero-order valence-electron chi connectivity index (χ0n) is 10.0. The minimum absolute atomic E-state index is 0.0696. The molecule has 0 aliphatic carbocycles. The average molecular weight is 241 g/mol. The van der Waals surface area contributed by atoms with Crippen LogP contribution in [0, 0.1) is 4.77 Å².